The van der Waals surface area contributed by atoms with Gasteiger partial charge in [0.1, 0.15) is 5.82 Å². The summed E-state index contributed by atoms with van der Waals surface area (Å²) in [6, 6.07) is 15.6. The molecule has 2 aromatic heterocycles. The minimum Gasteiger partial charge on any atom is -0.454 e. The number of hydrogen-bond acceptors (Lipinski definition) is 5. The van der Waals surface area contributed by atoms with Crippen LogP contribution in [0.25, 0.3) is 5.82 Å². The molecule has 5 rings (SSSR count). The summed E-state index contributed by atoms with van der Waals surface area (Å²) in [5.41, 5.74) is 1.89. The van der Waals surface area contributed by atoms with E-state index >= 15 is 0 Å². The predicted octanol–water partition coefficient (Wildman–Crippen LogP) is 3.70. The molecule has 0 radical (unpaired) electrons. The van der Waals surface area contributed by atoms with Crippen molar-refractivity contribution in [1.82, 2.24) is 14.5 Å². The van der Waals surface area contributed by atoms with Gasteiger partial charge in [-0.15, -0.1) is 0 Å². The molecule has 1 unspecified atom stereocenters. The Morgan fingerprint density at radius 1 is 1.10 bits per heavy atom. The van der Waals surface area contributed by atoms with E-state index in [4.69, 9.17) is 9.47 Å². The Hall–Kier alpha value is -3.12. The first-order valence-corrected chi connectivity index (χ1v) is 10.0. The molecule has 0 N–H and O–H groups in total. The summed E-state index contributed by atoms with van der Waals surface area (Å²) in [6.45, 7) is 2.79. The summed E-state index contributed by atoms with van der Waals surface area (Å²) in [5.74, 6) is 2.48. The monoisotopic (exact) mass is 389 g/mol. The van der Waals surface area contributed by atoms with Crippen molar-refractivity contribution in [2.45, 2.75) is 19.4 Å². The van der Waals surface area contributed by atoms with Crippen molar-refractivity contribution in [3.8, 4) is 17.3 Å². The van der Waals surface area contributed by atoms with E-state index in [2.05, 4.69) is 20.5 Å². The van der Waals surface area contributed by atoms with Crippen molar-refractivity contribution in [3.05, 3.63) is 72.2 Å². The number of carbonyl (C=O) groups excluding carboxylic acids is 1. The van der Waals surface area contributed by atoms with Crippen LogP contribution in [0.3, 0.4) is 0 Å². The number of nitrogens with zero attached hydrogens (tertiary/aromatic N) is 3. The number of rotatable bonds is 5. The van der Waals surface area contributed by atoms with E-state index in [1.165, 1.54) is 5.69 Å². The van der Waals surface area contributed by atoms with Crippen LogP contribution in [0.5, 0.6) is 11.5 Å². The maximum atomic E-state index is 13.1. The minimum absolute atomic E-state index is 0.00221. The number of fused-ring (bicyclic) bond motifs is 1. The van der Waals surface area contributed by atoms with E-state index in [1.54, 1.807) is 6.20 Å². The first-order chi connectivity index (χ1) is 14.3. The zero-order valence-corrected chi connectivity index (χ0v) is 16.2. The predicted molar refractivity (Wildman–Crippen MR) is 108 cm³/mol. The molecule has 0 saturated carbocycles. The molecule has 1 atom stereocenters. The van der Waals surface area contributed by atoms with Gasteiger partial charge in [-0.1, -0.05) is 6.07 Å². The number of benzene rings is 1. The first-order valence-electron chi connectivity index (χ1n) is 10.0. The molecule has 3 aromatic rings. The van der Waals surface area contributed by atoms with Crippen LogP contribution >= 0.6 is 0 Å². The second-order valence-corrected chi connectivity index (χ2v) is 7.56. The quantitative estimate of drug-likeness (QED) is 0.623. The Morgan fingerprint density at radius 3 is 2.93 bits per heavy atom. The van der Waals surface area contributed by atoms with Gasteiger partial charge < -0.3 is 14.0 Å². The van der Waals surface area contributed by atoms with Crippen LogP contribution < -0.4 is 9.47 Å². The number of hydrogen-bond donors (Lipinski definition) is 0. The van der Waals surface area contributed by atoms with Crippen molar-refractivity contribution in [1.29, 1.82) is 0 Å². The van der Waals surface area contributed by atoms with Gasteiger partial charge in [0.05, 0.1) is 0 Å². The lowest BCUT2D eigenvalue weighted by atomic mass is 9.90. The number of likely N-dealkylation sites (tertiary alicyclic amines) is 1. The van der Waals surface area contributed by atoms with E-state index < -0.39 is 0 Å². The average molecular weight is 389 g/mol. The number of Topliss-reactive ketones (excluding diaryl/α,β-unsaturated/α-hetero) is 1. The lowest BCUT2D eigenvalue weighted by Crippen LogP contribution is -2.38. The highest BCUT2D eigenvalue weighted by Crippen LogP contribution is 2.34. The number of carbonyl (C=O) groups is 1. The highest BCUT2D eigenvalue weighted by Gasteiger charge is 2.28. The molecule has 6 heteroatoms. The largest absolute Gasteiger partial charge is 0.454 e. The Balaban J connectivity index is 1.29. The van der Waals surface area contributed by atoms with Crippen molar-refractivity contribution >= 4 is 5.78 Å². The van der Waals surface area contributed by atoms with Crippen molar-refractivity contribution < 1.29 is 14.3 Å². The molecule has 2 aliphatic heterocycles. The van der Waals surface area contributed by atoms with Gasteiger partial charge in [-0.2, -0.15) is 0 Å². The fourth-order valence-electron chi connectivity index (χ4n) is 4.19. The third-order valence-corrected chi connectivity index (χ3v) is 5.65. The van der Waals surface area contributed by atoms with Gasteiger partial charge in [-0.05, 0) is 61.9 Å². The lowest BCUT2D eigenvalue weighted by molar-refractivity contribution is 0.0809. The standard InChI is InChI=1S/C23H23N3O3/c27-23(17-8-9-20-21(13-17)29-16-28-20)18-5-3-11-25(14-18)15-19-6-4-12-26(19)22-7-1-2-10-24-22/h1-2,4,6-10,12-13,18H,3,5,11,14-16H2. The molecule has 2 aliphatic rings. The van der Waals surface area contributed by atoms with Crippen LogP contribution in [0.4, 0.5) is 0 Å². The van der Waals surface area contributed by atoms with Crippen LogP contribution in [0.15, 0.2) is 60.9 Å². The Bertz CT molecular complexity index is 1020. The van der Waals surface area contributed by atoms with E-state index in [9.17, 15) is 4.79 Å². The smallest absolute Gasteiger partial charge is 0.231 e. The van der Waals surface area contributed by atoms with E-state index in [0.717, 1.165) is 38.3 Å². The summed E-state index contributed by atoms with van der Waals surface area (Å²) in [5, 5.41) is 0. The molecule has 0 amide bonds. The molecule has 29 heavy (non-hydrogen) atoms. The fourth-order valence-corrected chi connectivity index (χ4v) is 4.19. The summed E-state index contributed by atoms with van der Waals surface area (Å²) < 4.78 is 12.9. The summed E-state index contributed by atoms with van der Waals surface area (Å²) in [6.07, 6.45) is 5.78. The van der Waals surface area contributed by atoms with Crippen LogP contribution in [-0.2, 0) is 6.54 Å². The molecule has 1 saturated heterocycles. The zero-order valence-electron chi connectivity index (χ0n) is 16.2. The molecule has 1 aromatic carbocycles. The summed E-state index contributed by atoms with van der Waals surface area (Å²) in [4.78, 5) is 19.9. The van der Waals surface area contributed by atoms with Gasteiger partial charge in [-0.3, -0.25) is 9.69 Å². The normalized spacial score (nSPS) is 18.7. The summed E-state index contributed by atoms with van der Waals surface area (Å²) in [7, 11) is 0. The molecular weight excluding hydrogens is 366 g/mol. The Kier molecular flexibility index (Phi) is 4.77. The van der Waals surface area contributed by atoms with Crippen LogP contribution in [0.1, 0.15) is 28.9 Å². The first kappa shape index (κ1) is 17.9. The number of pyridine rings is 1. The zero-order chi connectivity index (χ0) is 19.6. The molecule has 0 bridgehead atoms. The maximum Gasteiger partial charge on any atom is 0.231 e. The number of ketones is 1. The number of ether oxygens (including phenoxy) is 2. The Morgan fingerprint density at radius 2 is 2.03 bits per heavy atom. The van der Waals surface area contributed by atoms with Crippen LogP contribution in [0.2, 0.25) is 0 Å². The fraction of sp³-hybridized carbons (Fsp3) is 0.304. The van der Waals surface area contributed by atoms with Gasteiger partial charge in [0.25, 0.3) is 0 Å². The van der Waals surface area contributed by atoms with Crippen molar-refractivity contribution in [2.75, 3.05) is 19.9 Å². The average Bonchev–Trinajstić information content (AvgIpc) is 3.43. The molecule has 1 fully saturated rings. The van der Waals surface area contributed by atoms with Crippen molar-refractivity contribution in [3.63, 3.8) is 0 Å². The third kappa shape index (κ3) is 3.63. The maximum absolute atomic E-state index is 13.1. The highest BCUT2D eigenvalue weighted by molar-refractivity contribution is 5.98. The Labute approximate surface area is 169 Å². The molecule has 4 heterocycles. The number of aromatic nitrogens is 2. The van der Waals surface area contributed by atoms with Gasteiger partial charge >= 0.3 is 0 Å². The highest BCUT2D eigenvalue weighted by atomic mass is 16.7. The molecule has 6 nitrogen and oxygen atoms in total. The third-order valence-electron chi connectivity index (χ3n) is 5.65. The van der Waals surface area contributed by atoms with Crippen LogP contribution in [-0.4, -0.2) is 40.1 Å². The number of piperidine rings is 1. The van der Waals surface area contributed by atoms with E-state index in [-0.39, 0.29) is 18.5 Å². The van der Waals surface area contributed by atoms with Gasteiger partial charge in [0.15, 0.2) is 17.3 Å². The van der Waals surface area contributed by atoms with Gasteiger partial charge in [0, 0.05) is 42.7 Å². The van der Waals surface area contributed by atoms with Gasteiger partial charge in [0.2, 0.25) is 6.79 Å². The second-order valence-electron chi connectivity index (χ2n) is 7.56. The van der Waals surface area contributed by atoms with Gasteiger partial charge in [-0.25, -0.2) is 4.98 Å². The van der Waals surface area contributed by atoms with Crippen molar-refractivity contribution in [2.24, 2.45) is 5.92 Å². The second kappa shape index (κ2) is 7.72. The summed E-state index contributed by atoms with van der Waals surface area (Å²) >= 11 is 0. The lowest BCUT2D eigenvalue weighted by Gasteiger charge is -2.32. The van der Waals surface area contributed by atoms with Crippen LogP contribution in [0, 0.1) is 5.92 Å². The molecular formula is C23H23N3O3. The van der Waals surface area contributed by atoms with E-state index in [1.807, 2.05) is 48.7 Å². The topological polar surface area (TPSA) is 56.6 Å². The molecule has 0 spiro atoms. The van der Waals surface area contributed by atoms with E-state index in [0.29, 0.717) is 17.1 Å². The minimum atomic E-state index is 0.00221. The molecule has 0 aliphatic carbocycles. The SMILES string of the molecule is O=C(c1ccc2c(c1)OCO2)C1CCCN(Cc2cccn2-c2ccccn2)C1. The molecule has 148 valence electrons.